The standard InChI is InChI=1S/C13H14N4O.HNO3/c1-17(2)10-6-7-11(12(18)9-10)15-16-13-5-3-4-8-14-13;2-1(3)4/h3-9,18H,1-2H3;(H,2,3,4). The Balaban J connectivity index is 0.000000541. The maximum atomic E-state index is 9.82. The third-order valence-electron chi connectivity index (χ3n) is 2.38. The zero-order chi connectivity index (χ0) is 16.5. The number of azo groups is 1. The predicted molar refractivity (Wildman–Crippen MR) is 79.6 cm³/mol. The molecule has 9 heteroatoms. The van der Waals surface area contributed by atoms with E-state index < -0.39 is 5.09 Å². The second-order valence-corrected chi connectivity index (χ2v) is 4.19. The maximum Gasteiger partial charge on any atom is 0.291 e. The van der Waals surface area contributed by atoms with Crippen molar-refractivity contribution in [1.29, 1.82) is 0 Å². The summed E-state index contributed by atoms with van der Waals surface area (Å²) in [6.45, 7) is 0. The zero-order valence-electron chi connectivity index (χ0n) is 12.0. The van der Waals surface area contributed by atoms with Gasteiger partial charge >= 0.3 is 0 Å². The van der Waals surface area contributed by atoms with E-state index in [-0.39, 0.29) is 5.75 Å². The molecular formula is C13H15N5O4. The third kappa shape index (κ3) is 5.82. The first-order valence-electron chi connectivity index (χ1n) is 6.06. The summed E-state index contributed by atoms with van der Waals surface area (Å²) in [6, 6.07) is 10.6. The van der Waals surface area contributed by atoms with Crippen molar-refractivity contribution in [3.63, 3.8) is 0 Å². The molecule has 0 fully saturated rings. The number of aromatic nitrogens is 1. The van der Waals surface area contributed by atoms with E-state index in [1.54, 1.807) is 24.4 Å². The number of hydrogen-bond donors (Lipinski definition) is 2. The molecule has 0 aliphatic rings. The molecule has 0 spiro atoms. The molecule has 2 N–H and O–H groups in total. The van der Waals surface area contributed by atoms with Crippen LogP contribution in [0.15, 0.2) is 52.8 Å². The Morgan fingerprint density at radius 3 is 2.41 bits per heavy atom. The third-order valence-corrected chi connectivity index (χ3v) is 2.38. The smallest absolute Gasteiger partial charge is 0.291 e. The highest BCUT2D eigenvalue weighted by Crippen LogP contribution is 2.31. The van der Waals surface area contributed by atoms with Crippen molar-refractivity contribution in [2.45, 2.75) is 0 Å². The minimum absolute atomic E-state index is 0.0980. The van der Waals surface area contributed by atoms with E-state index in [2.05, 4.69) is 15.2 Å². The van der Waals surface area contributed by atoms with E-state index in [4.69, 9.17) is 15.3 Å². The van der Waals surface area contributed by atoms with E-state index in [1.165, 1.54) is 0 Å². The molecule has 9 nitrogen and oxygen atoms in total. The molecule has 116 valence electrons. The van der Waals surface area contributed by atoms with E-state index in [1.807, 2.05) is 37.2 Å². The minimum atomic E-state index is -1.50. The van der Waals surface area contributed by atoms with Gasteiger partial charge in [0.1, 0.15) is 11.4 Å². The quantitative estimate of drug-likeness (QED) is 0.510. The number of hydrogen-bond acceptors (Lipinski definition) is 7. The van der Waals surface area contributed by atoms with E-state index in [0.717, 1.165) is 5.69 Å². The summed E-state index contributed by atoms with van der Waals surface area (Å²) < 4.78 is 0. The lowest BCUT2D eigenvalue weighted by atomic mass is 10.2. The van der Waals surface area contributed by atoms with Crippen LogP contribution in [0.25, 0.3) is 0 Å². The van der Waals surface area contributed by atoms with Crippen molar-refractivity contribution >= 4 is 17.2 Å². The lowest BCUT2D eigenvalue weighted by Gasteiger charge is -2.12. The normalized spacial score (nSPS) is 9.91. The van der Waals surface area contributed by atoms with Crippen LogP contribution in [0.2, 0.25) is 0 Å². The van der Waals surface area contributed by atoms with Gasteiger partial charge in [-0.05, 0) is 24.3 Å². The molecule has 1 heterocycles. The summed E-state index contributed by atoms with van der Waals surface area (Å²) in [7, 11) is 3.81. The molecule has 2 rings (SSSR count). The average Bonchev–Trinajstić information content (AvgIpc) is 2.46. The Labute approximate surface area is 126 Å². The zero-order valence-corrected chi connectivity index (χ0v) is 12.0. The SMILES string of the molecule is CN(C)c1ccc(N=Nc2ccccn2)c(O)c1.O=[N+]([O-])O. The van der Waals surface area contributed by atoms with Crippen LogP contribution in [-0.4, -0.2) is 34.5 Å². The highest BCUT2D eigenvalue weighted by molar-refractivity contribution is 5.60. The van der Waals surface area contributed by atoms with Gasteiger partial charge < -0.3 is 15.2 Å². The summed E-state index contributed by atoms with van der Waals surface area (Å²) in [5.74, 6) is 0.606. The number of phenols is 1. The first-order chi connectivity index (χ1) is 10.4. The van der Waals surface area contributed by atoms with Crippen molar-refractivity contribution in [2.75, 3.05) is 19.0 Å². The highest BCUT2D eigenvalue weighted by Gasteiger charge is 2.03. The monoisotopic (exact) mass is 305 g/mol. The summed E-state index contributed by atoms with van der Waals surface area (Å²) in [6.07, 6.45) is 1.64. The molecule has 0 radical (unpaired) electrons. The molecule has 0 aliphatic carbocycles. The van der Waals surface area contributed by atoms with Gasteiger partial charge in [0.25, 0.3) is 5.09 Å². The van der Waals surface area contributed by atoms with Crippen LogP contribution < -0.4 is 4.90 Å². The Hall–Kier alpha value is -3.23. The van der Waals surface area contributed by atoms with E-state index in [0.29, 0.717) is 11.5 Å². The number of rotatable bonds is 3. The summed E-state index contributed by atoms with van der Waals surface area (Å²) in [5.41, 5.74) is 1.33. The Morgan fingerprint density at radius 1 is 1.23 bits per heavy atom. The molecule has 0 saturated carbocycles. The summed E-state index contributed by atoms with van der Waals surface area (Å²) in [5, 5.41) is 31.4. The fourth-order valence-corrected chi connectivity index (χ4v) is 1.39. The molecule has 0 bridgehead atoms. The van der Waals surface area contributed by atoms with Crippen molar-refractivity contribution in [3.05, 3.63) is 52.7 Å². The predicted octanol–water partition coefficient (Wildman–Crippen LogP) is 2.92. The van der Waals surface area contributed by atoms with Gasteiger partial charge in [0.15, 0.2) is 5.82 Å². The Kier molecular flexibility index (Phi) is 6.23. The van der Waals surface area contributed by atoms with Gasteiger partial charge in [0.05, 0.1) is 0 Å². The van der Waals surface area contributed by atoms with Gasteiger partial charge in [0.2, 0.25) is 0 Å². The van der Waals surface area contributed by atoms with E-state index in [9.17, 15) is 5.11 Å². The minimum Gasteiger partial charge on any atom is -0.506 e. The van der Waals surface area contributed by atoms with Crippen LogP contribution in [-0.2, 0) is 0 Å². The molecule has 1 aromatic heterocycles. The van der Waals surface area contributed by atoms with Gasteiger partial charge in [-0.15, -0.1) is 20.3 Å². The molecule has 2 aromatic rings. The molecule has 0 saturated heterocycles. The molecule has 0 atom stereocenters. The Morgan fingerprint density at radius 2 is 1.91 bits per heavy atom. The van der Waals surface area contributed by atoms with Gasteiger partial charge in [0, 0.05) is 32.0 Å². The number of aromatic hydroxyl groups is 1. The lowest BCUT2D eigenvalue weighted by molar-refractivity contribution is -0.742. The largest absolute Gasteiger partial charge is 0.506 e. The van der Waals surface area contributed by atoms with Crippen molar-refractivity contribution in [3.8, 4) is 5.75 Å². The van der Waals surface area contributed by atoms with Gasteiger partial charge in [-0.3, -0.25) is 0 Å². The second-order valence-electron chi connectivity index (χ2n) is 4.19. The highest BCUT2D eigenvalue weighted by atomic mass is 16.9. The van der Waals surface area contributed by atoms with Gasteiger partial charge in [-0.2, -0.15) is 0 Å². The molecule has 0 aliphatic heterocycles. The number of pyridine rings is 1. The van der Waals surface area contributed by atoms with E-state index >= 15 is 0 Å². The number of benzene rings is 1. The molecule has 22 heavy (non-hydrogen) atoms. The molecule has 1 aromatic carbocycles. The fraction of sp³-hybridized carbons (Fsp3) is 0.154. The van der Waals surface area contributed by atoms with Crippen LogP contribution in [0.4, 0.5) is 17.2 Å². The van der Waals surface area contributed by atoms with Crippen LogP contribution >= 0.6 is 0 Å². The van der Waals surface area contributed by atoms with Crippen molar-refractivity contribution < 1.29 is 15.4 Å². The molecular weight excluding hydrogens is 290 g/mol. The molecule has 0 unspecified atom stereocenters. The lowest BCUT2D eigenvalue weighted by Crippen LogP contribution is -2.07. The van der Waals surface area contributed by atoms with Crippen molar-refractivity contribution in [2.24, 2.45) is 10.2 Å². The number of nitrogens with zero attached hydrogens (tertiary/aromatic N) is 5. The summed E-state index contributed by atoms with van der Waals surface area (Å²) >= 11 is 0. The average molecular weight is 305 g/mol. The number of phenolic OH excluding ortho intramolecular Hbond substituents is 1. The number of anilines is 1. The maximum absolute atomic E-state index is 9.82. The van der Waals surface area contributed by atoms with Crippen LogP contribution in [0.1, 0.15) is 0 Å². The first-order valence-corrected chi connectivity index (χ1v) is 6.06. The fourth-order valence-electron chi connectivity index (χ4n) is 1.39. The van der Waals surface area contributed by atoms with Crippen LogP contribution in [0.5, 0.6) is 5.75 Å². The van der Waals surface area contributed by atoms with Crippen LogP contribution in [0.3, 0.4) is 0 Å². The first kappa shape index (κ1) is 16.8. The topological polar surface area (TPSA) is 124 Å². The summed E-state index contributed by atoms with van der Waals surface area (Å²) in [4.78, 5) is 14.3. The van der Waals surface area contributed by atoms with Gasteiger partial charge in [-0.1, -0.05) is 6.07 Å². The van der Waals surface area contributed by atoms with Gasteiger partial charge in [-0.25, -0.2) is 4.98 Å². The molecule has 0 amide bonds. The van der Waals surface area contributed by atoms with Crippen LogP contribution in [0, 0.1) is 10.1 Å². The van der Waals surface area contributed by atoms with Crippen molar-refractivity contribution in [1.82, 2.24) is 4.98 Å². The second kappa shape index (κ2) is 8.15. The Bertz CT molecular complexity index is 642.